The number of benzene rings is 2. The molecule has 146 valence electrons. The van der Waals surface area contributed by atoms with Gasteiger partial charge in [-0.1, -0.05) is 48.0 Å². The maximum atomic E-state index is 13.2. The number of anilines is 1. The predicted molar refractivity (Wildman–Crippen MR) is 111 cm³/mol. The number of ketones is 1. The molecule has 0 aliphatic carbocycles. The standard InChI is InChI=1S/C23H19ClN2O3/c24-17-9-10-20-18(14-17)23(29,15-21(27)19-8-4-5-12-25-19)22(28)26(20)13-11-16-6-2-1-3-7-16/h1-10,12,14,29H,11,13,15H2/t23-/m1/s1. The second-order valence-corrected chi connectivity index (χ2v) is 7.47. The first-order valence-electron chi connectivity index (χ1n) is 9.31. The van der Waals surface area contributed by atoms with Crippen molar-refractivity contribution in [3.8, 4) is 0 Å². The molecule has 2 aromatic carbocycles. The van der Waals surface area contributed by atoms with Gasteiger partial charge in [-0.05, 0) is 42.3 Å². The van der Waals surface area contributed by atoms with Crippen LogP contribution in [0.25, 0.3) is 0 Å². The van der Waals surface area contributed by atoms with Crippen molar-refractivity contribution in [3.63, 3.8) is 0 Å². The van der Waals surface area contributed by atoms with Gasteiger partial charge in [0.15, 0.2) is 11.4 Å². The van der Waals surface area contributed by atoms with Crippen LogP contribution in [0, 0.1) is 0 Å². The van der Waals surface area contributed by atoms with E-state index in [2.05, 4.69) is 4.98 Å². The molecule has 0 saturated carbocycles. The molecule has 0 bridgehead atoms. The molecule has 4 rings (SSSR count). The molecule has 0 radical (unpaired) electrons. The van der Waals surface area contributed by atoms with Gasteiger partial charge in [0, 0.05) is 23.3 Å². The van der Waals surface area contributed by atoms with E-state index in [1.54, 1.807) is 36.4 Å². The monoisotopic (exact) mass is 406 g/mol. The third-order valence-electron chi connectivity index (χ3n) is 5.13. The average molecular weight is 407 g/mol. The number of Topliss-reactive ketones (excluding diaryl/α,β-unsaturated/α-hetero) is 1. The summed E-state index contributed by atoms with van der Waals surface area (Å²) < 4.78 is 0. The summed E-state index contributed by atoms with van der Waals surface area (Å²) in [6.07, 6.45) is 1.74. The van der Waals surface area contributed by atoms with Crippen LogP contribution in [0.15, 0.2) is 72.9 Å². The number of nitrogens with zero attached hydrogens (tertiary/aromatic N) is 2. The molecule has 1 atom stereocenters. The van der Waals surface area contributed by atoms with Crippen LogP contribution in [0.1, 0.15) is 28.0 Å². The van der Waals surface area contributed by atoms with Gasteiger partial charge in [0.05, 0.1) is 12.1 Å². The SMILES string of the molecule is O=C(C[C@]1(O)C(=O)N(CCc2ccccc2)c2ccc(Cl)cc21)c1ccccn1. The Balaban J connectivity index is 1.65. The van der Waals surface area contributed by atoms with E-state index < -0.39 is 23.7 Å². The highest BCUT2D eigenvalue weighted by Gasteiger charge is 2.51. The van der Waals surface area contributed by atoms with E-state index in [4.69, 9.17) is 11.6 Å². The summed E-state index contributed by atoms with van der Waals surface area (Å²) in [4.78, 5) is 31.5. The number of carbonyl (C=O) groups is 2. The number of hydrogen-bond acceptors (Lipinski definition) is 4. The van der Waals surface area contributed by atoms with Gasteiger partial charge in [-0.3, -0.25) is 14.6 Å². The molecule has 5 nitrogen and oxygen atoms in total. The molecule has 1 amide bonds. The fraction of sp³-hybridized carbons (Fsp3) is 0.174. The molecule has 6 heteroatoms. The normalized spacial score (nSPS) is 18.0. The maximum absolute atomic E-state index is 13.2. The van der Waals surface area contributed by atoms with Crippen LogP contribution in [-0.2, 0) is 16.8 Å². The van der Waals surface area contributed by atoms with Gasteiger partial charge in [0.2, 0.25) is 0 Å². The molecule has 1 aliphatic heterocycles. The minimum Gasteiger partial charge on any atom is -0.375 e. The fourth-order valence-corrected chi connectivity index (χ4v) is 3.82. The van der Waals surface area contributed by atoms with Crippen molar-refractivity contribution < 1.29 is 14.7 Å². The molecule has 1 aliphatic rings. The molecule has 1 aromatic heterocycles. The number of fused-ring (bicyclic) bond motifs is 1. The number of carbonyl (C=O) groups excluding carboxylic acids is 2. The minimum atomic E-state index is -1.97. The summed E-state index contributed by atoms with van der Waals surface area (Å²) in [5.74, 6) is -0.924. The number of pyridine rings is 1. The first kappa shape index (κ1) is 19.3. The summed E-state index contributed by atoms with van der Waals surface area (Å²) in [5, 5.41) is 11.7. The van der Waals surface area contributed by atoms with Crippen molar-refractivity contribution >= 4 is 29.0 Å². The summed E-state index contributed by atoms with van der Waals surface area (Å²) in [6, 6.07) is 19.7. The van der Waals surface area contributed by atoms with Gasteiger partial charge in [-0.2, -0.15) is 0 Å². The third-order valence-corrected chi connectivity index (χ3v) is 5.36. The van der Waals surface area contributed by atoms with E-state index in [-0.39, 0.29) is 5.69 Å². The second-order valence-electron chi connectivity index (χ2n) is 7.03. The van der Waals surface area contributed by atoms with E-state index in [9.17, 15) is 14.7 Å². The van der Waals surface area contributed by atoms with Gasteiger partial charge in [0.1, 0.15) is 5.69 Å². The van der Waals surface area contributed by atoms with E-state index in [0.717, 1.165) is 5.56 Å². The highest BCUT2D eigenvalue weighted by Crippen LogP contribution is 2.44. The molecule has 0 saturated heterocycles. The summed E-state index contributed by atoms with van der Waals surface area (Å²) in [7, 11) is 0. The van der Waals surface area contributed by atoms with Crippen molar-refractivity contribution in [2.24, 2.45) is 0 Å². The van der Waals surface area contributed by atoms with Crippen LogP contribution in [0.3, 0.4) is 0 Å². The molecule has 1 N–H and O–H groups in total. The van der Waals surface area contributed by atoms with Crippen LogP contribution < -0.4 is 4.90 Å². The lowest BCUT2D eigenvalue weighted by atomic mass is 9.89. The summed E-state index contributed by atoms with van der Waals surface area (Å²) >= 11 is 6.13. The van der Waals surface area contributed by atoms with Crippen LogP contribution in [0.5, 0.6) is 0 Å². The molecule has 0 spiro atoms. The quantitative estimate of drug-likeness (QED) is 0.632. The Kier molecular flexibility index (Phi) is 5.18. The Morgan fingerprint density at radius 3 is 2.55 bits per heavy atom. The van der Waals surface area contributed by atoms with E-state index >= 15 is 0 Å². The summed E-state index contributed by atoms with van der Waals surface area (Å²) in [5.41, 5.74) is 0.251. The zero-order chi connectivity index (χ0) is 20.4. The highest BCUT2D eigenvalue weighted by atomic mass is 35.5. The molecule has 0 unspecified atom stereocenters. The average Bonchev–Trinajstić information content (AvgIpc) is 2.94. The Labute approximate surface area is 173 Å². The van der Waals surface area contributed by atoms with E-state index in [1.165, 1.54) is 11.1 Å². The van der Waals surface area contributed by atoms with Gasteiger partial charge in [-0.15, -0.1) is 0 Å². The van der Waals surface area contributed by atoms with E-state index in [1.807, 2.05) is 30.3 Å². The molecule has 29 heavy (non-hydrogen) atoms. The minimum absolute atomic E-state index is 0.208. The zero-order valence-electron chi connectivity index (χ0n) is 15.6. The number of halogens is 1. The van der Waals surface area contributed by atoms with Crippen molar-refractivity contribution in [3.05, 3.63) is 94.8 Å². The highest BCUT2D eigenvalue weighted by molar-refractivity contribution is 6.31. The van der Waals surface area contributed by atoms with Crippen molar-refractivity contribution in [2.45, 2.75) is 18.4 Å². The number of aromatic nitrogens is 1. The van der Waals surface area contributed by atoms with Crippen LogP contribution >= 0.6 is 11.6 Å². The van der Waals surface area contributed by atoms with Gasteiger partial charge in [0.25, 0.3) is 5.91 Å². The number of amides is 1. The van der Waals surface area contributed by atoms with Crippen LogP contribution in [0.2, 0.25) is 5.02 Å². The largest absolute Gasteiger partial charge is 0.375 e. The number of rotatable bonds is 6. The lowest BCUT2D eigenvalue weighted by molar-refractivity contribution is -0.135. The first-order chi connectivity index (χ1) is 14.0. The molecular weight excluding hydrogens is 388 g/mol. The van der Waals surface area contributed by atoms with Gasteiger partial charge in [-0.25, -0.2) is 0 Å². The zero-order valence-corrected chi connectivity index (χ0v) is 16.3. The lowest BCUT2D eigenvalue weighted by Gasteiger charge is -2.22. The number of aliphatic hydroxyl groups is 1. The second kappa shape index (κ2) is 7.78. The van der Waals surface area contributed by atoms with Gasteiger partial charge < -0.3 is 10.0 Å². The molecule has 0 fully saturated rings. The molecule has 2 heterocycles. The smallest absolute Gasteiger partial charge is 0.264 e. The van der Waals surface area contributed by atoms with Gasteiger partial charge >= 0.3 is 0 Å². The Hall–Kier alpha value is -3.02. The van der Waals surface area contributed by atoms with Crippen molar-refractivity contribution in [1.29, 1.82) is 0 Å². The predicted octanol–water partition coefficient (Wildman–Crippen LogP) is 3.78. The topological polar surface area (TPSA) is 70.5 Å². The van der Waals surface area contributed by atoms with Crippen LogP contribution in [0.4, 0.5) is 5.69 Å². The summed E-state index contributed by atoms with van der Waals surface area (Å²) in [6.45, 7) is 0.386. The van der Waals surface area contributed by atoms with Crippen molar-refractivity contribution in [1.82, 2.24) is 4.98 Å². The number of hydrogen-bond donors (Lipinski definition) is 1. The fourth-order valence-electron chi connectivity index (χ4n) is 3.65. The maximum Gasteiger partial charge on any atom is 0.264 e. The first-order valence-corrected chi connectivity index (χ1v) is 9.69. The third kappa shape index (κ3) is 3.67. The Morgan fingerprint density at radius 1 is 1.07 bits per heavy atom. The Bertz CT molecular complexity index is 1060. The van der Waals surface area contributed by atoms with Crippen molar-refractivity contribution in [2.75, 3.05) is 11.4 Å². The lowest BCUT2D eigenvalue weighted by Crippen LogP contribution is -2.42. The molecule has 3 aromatic rings. The van der Waals surface area contributed by atoms with E-state index in [0.29, 0.717) is 29.2 Å². The Morgan fingerprint density at radius 2 is 1.83 bits per heavy atom. The van der Waals surface area contributed by atoms with Crippen LogP contribution in [-0.4, -0.2) is 28.3 Å². The molecular formula is C23H19ClN2O3.